The van der Waals surface area contributed by atoms with Crippen LogP contribution in [0.15, 0.2) is 6.33 Å². The largest absolute Gasteiger partial charge is 0.343 e. The summed E-state index contributed by atoms with van der Waals surface area (Å²) in [6, 6.07) is -0.463. The quantitative estimate of drug-likeness (QED) is 0.673. The Morgan fingerprint density at radius 2 is 2.31 bits per heavy atom. The molecule has 0 aliphatic carbocycles. The van der Waals surface area contributed by atoms with Crippen molar-refractivity contribution in [2.45, 2.75) is 19.5 Å². The highest BCUT2D eigenvalue weighted by molar-refractivity contribution is 5.94. The van der Waals surface area contributed by atoms with Crippen LogP contribution in [0.3, 0.4) is 0 Å². The average Bonchev–Trinajstić information content (AvgIpc) is 2.60. The number of hydrogen-bond acceptors (Lipinski definition) is 4. The van der Waals surface area contributed by atoms with Crippen LogP contribution in [-0.2, 0) is 23.2 Å². The molecule has 0 spiro atoms. The molecular weight excluding hydrogens is 210 g/mol. The Bertz CT molecular complexity index is 427. The van der Waals surface area contributed by atoms with Crippen LogP contribution in [0.2, 0.25) is 0 Å². The van der Waals surface area contributed by atoms with E-state index in [1.807, 2.05) is 0 Å². The second-order valence-corrected chi connectivity index (χ2v) is 3.78. The van der Waals surface area contributed by atoms with Crippen LogP contribution >= 0.6 is 0 Å². The third-order valence-corrected chi connectivity index (χ3v) is 2.53. The minimum absolute atomic E-state index is 0.0794. The molecule has 1 fully saturated rings. The van der Waals surface area contributed by atoms with Gasteiger partial charge in [-0.3, -0.25) is 14.3 Å². The van der Waals surface area contributed by atoms with Crippen molar-refractivity contribution in [2.75, 3.05) is 6.54 Å². The molecule has 2 rings (SSSR count). The van der Waals surface area contributed by atoms with Crippen molar-refractivity contribution in [3.8, 4) is 0 Å². The van der Waals surface area contributed by atoms with E-state index in [4.69, 9.17) is 0 Å². The summed E-state index contributed by atoms with van der Waals surface area (Å²) in [5, 5.41) is 6.49. The molecular formula is C9H13N5O2. The number of nitrogens with one attached hydrogen (secondary N) is 1. The van der Waals surface area contributed by atoms with E-state index in [9.17, 15) is 9.59 Å². The van der Waals surface area contributed by atoms with Gasteiger partial charge in [-0.15, -0.1) is 0 Å². The third-order valence-electron chi connectivity index (χ3n) is 2.53. The average molecular weight is 223 g/mol. The molecule has 0 aromatic carbocycles. The normalized spacial score (nSPS) is 21.1. The molecule has 2 heterocycles. The van der Waals surface area contributed by atoms with Crippen LogP contribution in [0.5, 0.6) is 0 Å². The fourth-order valence-corrected chi connectivity index (χ4v) is 1.64. The second kappa shape index (κ2) is 3.92. The fourth-order valence-electron chi connectivity index (χ4n) is 1.64. The molecule has 2 amide bonds. The molecule has 0 radical (unpaired) electrons. The van der Waals surface area contributed by atoms with Crippen molar-refractivity contribution in [1.82, 2.24) is 25.0 Å². The molecule has 1 aromatic heterocycles. The summed E-state index contributed by atoms with van der Waals surface area (Å²) in [7, 11) is 1.75. The Morgan fingerprint density at radius 3 is 2.94 bits per heavy atom. The number of aromatic nitrogens is 3. The number of aryl methyl sites for hydroxylation is 1. The highest BCUT2D eigenvalue weighted by Crippen LogP contribution is 2.06. The van der Waals surface area contributed by atoms with E-state index in [-0.39, 0.29) is 18.4 Å². The number of amides is 2. The first-order valence-electron chi connectivity index (χ1n) is 4.99. The van der Waals surface area contributed by atoms with Crippen LogP contribution in [0.25, 0.3) is 0 Å². The number of rotatable bonds is 2. The van der Waals surface area contributed by atoms with E-state index in [0.29, 0.717) is 12.4 Å². The predicted octanol–water partition coefficient (Wildman–Crippen LogP) is -1.34. The van der Waals surface area contributed by atoms with Crippen molar-refractivity contribution in [1.29, 1.82) is 0 Å². The molecule has 1 aromatic rings. The zero-order chi connectivity index (χ0) is 11.7. The maximum absolute atomic E-state index is 11.8. The van der Waals surface area contributed by atoms with E-state index < -0.39 is 6.04 Å². The minimum atomic E-state index is -0.463. The van der Waals surface area contributed by atoms with Gasteiger partial charge in [-0.05, 0) is 6.92 Å². The Labute approximate surface area is 92.4 Å². The van der Waals surface area contributed by atoms with Gasteiger partial charge in [0, 0.05) is 7.05 Å². The second-order valence-electron chi connectivity index (χ2n) is 3.78. The lowest BCUT2D eigenvalue weighted by Crippen LogP contribution is -2.56. The van der Waals surface area contributed by atoms with Gasteiger partial charge < -0.3 is 10.2 Å². The first kappa shape index (κ1) is 10.6. The van der Waals surface area contributed by atoms with Crippen LogP contribution in [0.4, 0.5) is 0 Å². The minimum Gasteiger partial charge on any atom is -0.343 e. The molecule has 1 saturated heterocycles. The van der Waals surface area contributed by atoms with Gasteiger partial charge in [0.25, 0.3) is 0 Å². The van der Waals surface area contributed by atoms with Crippen LogP contribution in [0.1, 0.15) is 12.7 Å². The maximum Gasteiger partial charge on any atom is 0.245 e. The number of hydrogen-bond donors (Lipinski definition) is 1. The molecule has 1 atom stereocenters. The van der Waals surface area contributed by atoms with Gasteiger partial charge >= 0.3 is 0 Å². The molecule has 7 nitrogen and oxygen atoms in total. The number of carbonyl (C=O) groups is 2. The van der Waals surface area contributed by atoms with Gasteiger partial charge in [-0.25, -0.2) is 4.98 Å². The first-order chi connectivity index (χ1) is 7.58. The molecule has 1 aliphatic heterocycles. The van der Waals surface area contributed by atoms with Crippen LogP contribution in [0, 0.1) is 0 Å². The summed E-state index contributed by atoms with van der Waals surface area (Å²) in [5.41, 5.74) is 0. The van der Waals surface area contributed by atoms with Gasteiger partial charge in [0.15, 0.2) is 0 Å². The lowest BCUT2D eigenvalue weighted by atomic mass is 10.2. The molecule has 0 bridgehead atoms. The lowest BCUT2D eigenvalue weighted by molar-refractivity contribution is -0.144. The third kappa shape index (κ3) is 1.88. The molecule has 1 N–H and O–H groups in total. The summed E-state index contributed by atoms with van der Waals surface area (Å²) < 4.78 is 1.59. The monoisotopic (exact) mass is 223 g/mol. The Balaban J connectivity index is 2.12. The van der Waals surface area contributed by atoms with Crippen LogP contribution < -0.4 is 5.32 Å². The standard InChI is InChI=1S/C9H13N5O2/c1-6-9(16)14(4-8(15)12-6)3-7-10-5-11-13(7)2/h5-6H,3-4H2,1-2H3,(H,12,15). The molecule has 1 unspecified atom stereocenters. The highest BCUT2D eigenvalue weighted by Gasteiger charge is 2.30. The SMILES string of the molecule is CC1NC(=O)CN(Cc2ncnn2C)C1=O. The summed E-state index contributed by atoms with van der Waals surface area (Å²) in [4.78, 5) is 28.6. The van der Waals surface area contributed by atoms with E-state index >= 15 is 0 Å². The summed E-state index contributed by atoms with van der Waals surface area (Å²) in [6.07, 6.45) is 1.42. The Morgan fingerprint density at radius 1 is 1.56 bits per heavy atom. The first-order valence-corrected chi connectivity index (χ1v) is 4.99. The van der Waals surface area contributed by atoms with E-state index in [1.165, 1.54) is 11.2 Å². The van der Waals surface area contributed by atoms with Gasteiger partial charge in [-0.1, -0.05) is 0 Å². The number of carbonyl (C=O) groups excluding carboxylic acids is 2. The summed E-state index contributed by atoms with van der Waals surface area (Å²) >= 11 is 0. The molecule has 86 valence electrons. The molecule has 0 saturated carbocycles. The van der Waals surface area contributed by atoms with Crippen molar-refractivity contribution < 1.29 is 9.59 Å². The van der Waals surface area contributed by atoms with Crippen LogP contribution in [-0.4, -0.2) is 44.1 Å². The van der Waals surface area contributed by atoms with Crippen molar-refractivity contribution in [3.05, 3.63) is 12.2 Å². The van der Waals surface area contributed by atoms with E-state index in [0.717, 1.165) is 0 Å². The van der Waals surface area contributed by atoms with Crippen molar-refractivity contribution in [3.63, 3.8) is 0 Å². The lowest BCUT2D eigenvalue weighted by Gasteiger charge is -2.30. The molecule has 1 aliphatic rings. The summed E-state index contributed by atoms with van der Waals surface area (Å²) in [5.74, 6) is 0.423. The van der Waals surface area contributed by atoms with Crippen molar-refractivity contribution in [2.24, 2.45) is 7.05 Å². The van der Waals surface area contributed by atoms with Gasteiger partial charge in [0.1, 0.15) is 24.7 Å². The van der Waals surface area contributed by atoms with E-state index in [1.54, 1.807) is 18.7 Å². The fraction of sp³-hybridized carbons (Fsp3) is 0.556. The predicted molar refractivity (Wildman–Crippen MR) is 54.0 cm³/mol. The van der Waals surface area contributed by atoms with E-state index in [2.05, 4.69) is 15.4 Å². The molecule has 16 heavy (non-hydrogen) atoms. The maximum atomic E-state index is 11.8. The topological polar surface area (TPSA) is 80.1 Å². The van der Waals surface area contributed by atoms with Gasteiger partial charge in [0.2, 0.25) is 11.8 Å². The van der Waals surface area contributed by atoms with Crippen molar-refractivity contribution >= 4 is 11.8 Å². The summed E-state index contributed by atoms with van der Waals surface area (Å²) in [6.45, 7) is 2.06. The Kier molecular flexibility index (Phi) is 2.59. The number of nitrogens with zero attached hydrogens (tertiary/aromatic N) is 4. The smallest absolute Gasteiger partial charge is 0.245 e. The Hall–Kier alpha value is -1.92. The zero-order valence-electron chi connectivity index (χ0n) is 9.17. The highest BCUT2D eigenvalue weighted by atomic mass is 16.2. The van der Waals surface area contributed by atoms with Gasteiger partial charge in [0.05, 0.1) is 6.54 Å². The number of piperazine rings is 1. The zero-order valence-corrected chi connectivity index (χ0v) is 9.17. The van der Waals surface area contributed by atoms with Gasteiger partial charge in [-0.2, -0.15) is 5.10 Å². The molecule has 7 heteroatoms.